The monoisotopic (exact) mass is 204 g/mol. The fraction of sp³-hybridized carbons (Fsp3) is 0.833. The Kier molecular flexibility index (Phi) is 10.5. The molecule has 1 aliphatic carbocycles. The van der Waals surface area contributed by atoms with E-state index in [1.54, 1.807) is 0 Å². The Morgan fingerprint density at radius 2 is 1.29 bits per heavy atom. The van der Waals surface area contributed by atoms with Gasteiger partial charge in [0.05, 0.1) is 0 Å². The zero-order valence-corrected chi connectivity index (χ0v) is 11.6. The van der Waals surface area contributed by atoms with Gasteiger partial charge in [-0.3, -0.25) is 0 Å². The van der Waals surface area contributed by atoms with E-state index in [2.05, 4.69) is 0 Å². The van der Waals surface area contributed by atoms with E-state index in [1.807, 2.05) is 6.08 Å². The molecule has 0 amide bonds. The van der Waals surface area contributed by atoms with Crippen LogP contribution in [0.5, 0.6) is 0 Å². The van der Waals surface area contributed by atoms with Crippen molar-refractivity contribution in [2.24, 2.45) is 0 Å². The van der Waals surface area contributed by atoms with E-state index in [0.29, 0.717) is 5.76 Å². The first kappa shape index (κ1) is 14.5. The molecule has 1 aliphatic rings. The van der Waals surface area contributed by atoms with E-state index in [1.165, 1.54) is 44.9 Å². The second-order valence-corrected chi connectivity index (χ2v) is 4.04. The Labute approximate surface area is 110 Å². The third-order valence-corrected chi connectivity index (χ3v) is 2.75. The molecule has 0 spiro atoms. The summed E-state index contributed by atoms with van der Waals surface area (Å²) in [5, 5.41) is 11.2. The standard InChI is InChI=1S/C12H22O.Na/c13-12-10-8-6-4-2-1-3-5-7-9-11-12;/h10,13H,1-9,11H2;/q;+1/p-1/b12-10+;. The number of hydrogen-bond acceptors (Lipinski definition) is 1. The summed E-state index contributed by atoms with van der Waals surface area (Å²) < 4.78 is 0. The Morgan fingerprint density at radius 1 is 0.786 bits per heavy atom. The summed E-state index contributed by atoms with van der Waals surface area (Å²) in [7, 11) is 0. The minimum Gasteiger partial charge on any atom is -0.876 e. The van der Waals surface area contributed by atoms with Gasteiger partial charge in [0.15, 0.2) is 0 Å². The average molecular weight is 204 g/mol. The molecule has 76 valence electrons. The molecule has 0 fully saturated rings. The second kappa shape index (κ2) is 10.1. The van der Waals surface area contributed by atoms with Crippen LogP contribution in [0.25, 0.3) is 0 Å². The number of rotatable bonds is 0. The Hall–Kier alpha value is 0.540. The van der Waals surface area contributed by atoms with Crippen LogP contribution in [0, 0.1) is 0 Å². The molecule has 0 radical (unpaired) electrons. The quantitative estimate of drug-likeness (QED) is 0.515. The van der Waals surface area contributed by atoms with Crippen LogP contribution in [-0.2, 0) is 0 Å². The molecular weight excluding hydrogens is 183 g/mol. The zero-order chi connectivity index (χ0) is 9.36. The predicted molar refractivity (Wildman–Crippen MR) is 54.3 cm³/mol. The van der Waals surface area contributed by atoms with Crippen molar-refractivity contribution in [3.05, 3.63) is 11.8 Å². The van der Waals surface area contributed by atoms with E-state index in [4.69, 9.17) is 0 Å². The molecular formula is C12H21NaO. The summed E-state index contributed by atoms with van der Waals surface area (Å²) in [4.78, 5) is 0. The van der Waals surface area contributed by atoms with E-state index < -0.39 is 0 Å². The Bertz CT molecular complexity index is 154. The van der Waals surface area contributed by atoms with Crippen molar-refractivity contribution >= 4 is 0 Å². The molecule has 0 atom stereocenters. The molecule has 2 heteroatoms. The normalized spacial score (nSPS) is 24.7. The van der Waals surface area contributed by atoms with Gasteiger partial charge in [-0.2, -0.15) is 0 Å². The topological polar surface area (TPSA) is 23.1 Å². The van der Waals surface area contributed by atoms with Gasteiger partial charge in [-0.25, -0.2) is 0 Å². The summed E-state index contributed by atoms with van der Waals surface area (Å²) in [5.74, 6) is 0.376. The maximum Gasteiger partial charge on any atom is 1.00 e. The maximum atomic E-state index is 11.2. The van der Waals surface area contributed by atoms with Gasteiger partial charge in [-0.1, -0.05) is 51.0 Å². The minimum absolute atomic E-state index is 0. The third-order valence-electron chi connectivity index (χ3n) is 2.75. The van der Waals surface area contributed by atoms with Gasteiger partial charge in [0.2, 0.25) is 0 Å². The van der Waals surface area contributed by atoms with E-state index >= 15 is 0 Å². The van der Waals surface area contributed by atoms with Gasteiger partial charge >= 0.3 is 29.6 Å². The van der Waals surface area contributed by atoms with Crippen molar-refractivity contribution in [2.75, 3.05) is 0 Å². The van der Waals surface area contributed by atoms with Gasteiger partial charge in [-0.15, -0.1) is 5.76 Å². The van der Waals surface area contributed by atoms with Gasteiger partial charge in [-0.05, 0) is 19.3 Å². The zero-order valence-electron chi connectivity index (χ0n) is 9.56. The molecule has 0 unspecified atom stereocenters. The minimum atomic E-state index is 0. The Balaban J connectivity index is 0.00000169. The van der Waals surface area contributed by atoms with Gasteiger partial charge in [0, 0.05) is 0 Å². The summed E-state index contributed by atoms with van der Waals surface area (Å²) in [6.45, 7) is 0. The summed E-state index contributed by atoms with van der Waals surface area (Å²) in [6.07, 6.45) is 14.0. The SMILES string of the molecule is [Na+].[O-]/C1=C/CCCCCCCCCC1. The molecule has 0 saturated carbocycles. The molecule has 0 aromatic rings. The van der Waals surface area contributed by atoms with Crippen LogP contribution < -0.4 is 34.7 Å². The molecule has 1 nitrogen and oxygen atoms in total. The molecule has 0 N–H and O–H groups in total. The van der Waals surface area contributed by atoms with E-state index in [-0.39, 0.29) is 29.6 Å². The number of allylic oxidation sites excluding steroid dienone is 2. The largest absolute Gasteiger partial charge is 1.00 e. The second-order valence-electron chi connectivity index (χ2n) is 4.04. The van der Waals surface area contributed by atoms with Crippen LogP contribution in [0.3, 0.4) is 0 Å². The van der Waals surface area contributed by atoms with Crippen molar-refractivity contribution in [3.8, 4) is 0 Å². The average Bonchev–Trinajstić information content (AvgIpc) is 2.11. The van der Waals surface area contributed by atoms with Crippen LogP contribution in [0.2, 0.25) is 0 Å². The summed E-state index contributed by atoms with van der Waals surface area (Å²) >= 11 is 0. The van der Waals surface area contributed by atoms with E-state index in [0.717, 1.165) is 19.3 Å². The first-order chi connectivity index (χ1) is 6.39. The van der Waals surface area contributed by atoms with Crippen molar-refractivity contribution in [2.45, 2.75) is 64.2 Å². The number of hydrogen-bond donors (Lipinski definition) is 0. The smallest absolute Gasteiger partial charge is 0.876 e. The molecule has 0 aliphatic heterocycles. The first-order valence-corrected chi connectivity index (χ1v) is 5.75. The molecule has 0 aromatic heterocycles. The third kappa shape index (κ3) is 7.90. The van der Waals surface area contributed by atoms with Crippen LogP contribution >= 0.6 is 0 Å². The van der Waals surface area contributed by atoms with Gasteiger partial charge < -0.3 is 5.11 Å². The molecule has 0 heterocycles. The molecule has 0 saturated heterocycles. The van der Waals surface area contributed by atoms with Crippen LogP contribution in [0.1, 0.15) is 64.2 Å². The fourth-order valence-corrected chi connectivity index (χ4v) is 1.87. The van der Waals surface area contributed by atoms with Crippen LogP contribution in [-0.4, -0.2) is 0 Å². The Morgan fingerprint density at radius 3 is 1.93 bits per heavy atom. The summed E-state index contributed by atoms with van der Waals surface area (Å²) in [6, 6.07) is 0. The van der Waals surface area contributed by atoms with Crippen molar-refractivity contribution in [1.82, 2.24) is 0 Å². The van der Waals surface area contributed by atoms with E-state index in [9.17, 15) is 5.11 Å². The molecule has 14 heavy (non-hydrogen) atoms. The van der Waals surface area contributed by atoms with Crippen LogP contribution in [0.4, 0.5) is 0 Å². The predicted octanol–water partition coefficient (Wildman–Crippen LogP) is 0.149. The van der Waals surface area contributed by atoms with Gasteiger partial charge in [0.25, 0.3) is 0 Å². The molecule has 0 aromatic carbocycles. The molecule has 0 bridgehead atoms. The fourth-order valence-electron chi connectivity index (χ4n) is 1.87. The first-order valence-electron chi connectivity index (χ1n) is 5.75. The van der Waals surface area contributed by atoms with Crippen molar-refractivity contribution in [3.63, 3.8) is 0 Å². The summed E-state index contributed by atoms with van der Waals surface area (Å²) in [5.41, 5.74) is 0. The van der Waals surface area contributed by atoms with Crippen LogP contribution in [0.15, 0.2) is 11.8 Å². The maximum absolute atomic E-state index is 11.2. The van der Waals surface area contributed by atoms with Crippen molar-refractivity contribution < 1.29 is 34.7 Å². The van der Waals surface area contributed by atoms with Gasteiger partial charge in [0.1, 0.15) is 0 Å². The van der Waals surface area contributed by atoms with Crippen molar-refractivity contribution in [1.29, 1.82) is 0 Å². The molecule has 1 rings (SSSR count).